The van der Waals surface area contributed by atoms with E-state index in [0.717, 1.165) is 43.0 Å². The molecule has 2 aliphatic heterocycles. The van der Waals surface area contributed by atoms with E-state index in [4.69, 9.17) is 0 Å². The van der Waals surface area contributed by atoms with Crippen molar-refractivity contribution in [3.8, 4) is 0 Å². The normalized spacial score (nSPS) is 25.4. The molecule has 2 aliphatic rings. The van der Waals surface area contributed by atoms with Gasteiger partial charge in [-0.25, -0.2) is 17.9 Å². The SMILES string of the molecule is C[C@@H]1NCC(c2ccccc2)S(=O)(=O)C1Cc1ccc(N2CCC(c3nnn[nH]3)CC2)cc1F. The predicted octanol–water partition coefficient (Wildman–Crippen LogP) is 2.78. The number of tetrazole rings is 1. The van der Waals surface area contributed by atoms with Gasteiger partial charge < -0.3 is 10.2 Å². The van der Waals surface area contributed by atoms with E-state index in [1.165, 1.54) is 6.07 Å². The zero-order valence-electron chi connectivity index (χ0n) is 19.1. The van der Waals surface area contributed by atoms with E-state index in [-0.39, 0.29) is 24.2 Å². The molecule has 8 nitrogen and oxygen atoms in total. The fourth-order valence-electron chi connectivity index (χ4n) is 5.17. The third kappa shape index (κ3) is 4.44. The molecule has 2 unspecified atom stereocenters. The molecule has 180 valence electrons. The van der Waals surface area contributed by atoms with E-state index in [1.54, 1.807) is 6.07 Å². The molecule has 2 aromatic carbocycles. The lowest BCUT2D eigenvalue weighted by atomic mass is 9.95. The fraction of sp³-hybridized carbons (Fsp3) is 0.458. The number of aromatic nitrogens is 4. The van der Waals surface area contributed by atoms with Crippen LogP contribution >= 0.6 is 0 Å². The molecular weight excluding hydrogens is 455 g/mol. The van der Waals surface area contributed by atoms with Crippen molar-refractivity contribution in [2.24, 2.45) is 0 Å². The number of nitrogens with zero attached hydrogens (tertiary/aromatic N) is 4. The number of H-pyrrole nitrogens is 1. The second-order valence-corrected chi connectivity index (χ2v) is 11.6. The molecule has 3 heterocycles. The van der Waals surface area contributed by atoms with Crippen LogP contribution in [0.2, 0.25) is 0 Å². The van der Waals surface area contributed by atoms with Crippen LogP contribution in [-0.2, 0) is 16.3 Å². The van der Waals surface area contributed by atoms with Gasteiger partial charge in [0.1, 0.15) is 5.82 Å². The second kappa shape index (κ2) is 9.42. The molecule has 0 bridgehead atoms. The number of sulfone groups is 1. The molecule has 2 fully saturated rings. The molecule has 0 amide bonds. The van der Waals surface area contributed by atoms with Gasteiger partial charge in [-0.1, -0.05) is 36.4 Å². The van der Waals surface area contributed by atoms with Crippen LogP contribution in [0.3, 0.4) is 0 Å². The summed E-state index contributed by atoms with van der Waals surface area (Å²) in [6.07, 6.45) is 1.90. The third-order valence-electron chi connectivity index (χ3n) is 7.24. The van der Waals surface area contributed by atoms with Gasteiger partial charge in [-0.3, -0.25) is 0 Å². The summed E-state index contributed by atoms with van der Waals surface area (Å²) in [6.45, 7) is 3.79. The maximum atomic E-state index is 15.2. The van der Waals surface area contributed by atoms with Crippen molar-refractivity contribution in [3.05, 3.63) is 71.3 Å². The summed E-state index contributed by atoms with van der Waals surface area (Å²) in [7, 11) is -3.50. The molecule has 3 aromatic rings. The standard InChI is InChI=1S/C24H29FN6O2S/c1-16-22(34(32,33)23(15-26-16)17-5-3-2-4-6-17)13-19-7-8-20(14-21(19)25)31-11-9-18(10-12-31)24-27-29-30-28-24/h2-8,14,16,18,22-23,26H,9-13,15H2,1H3,(H,27,28,29,30)/t16-,22?,23?/m0/s1. The molecule has 0 spiro atoms. The minimum atomic E-state index is -3.50. The van der Waals surface area contributed by atoms with Crippen LogP contribution in [0.4, 0.5) is 10.1 Å². The number of nitrogens with one attached hydrogen (secondary N) is 2. The molecule has 0 saturated carbocycles. The molecule has 10 heteroatoms. The Morgan fingerprint density at radius 1 is 1.12 bits per heavy atom. The van der Waals surface area contributed by atoms with Gasteiger partial charge in [-0.2, -0.15) is 0 Å². The first-order valence-electron chi connectivity index (χ1n) is 11.7. The van der Waals surface area contributed by atoms with Crippen molar-refractivity contribution in [2.45, 2.75) is 48.6 Å². The number of hydrogen-bond acceptors (Lipinski definition) is 7. The summed E-state index contributed by atoms with van der Waals surface area (Å²) >= 11 is 0. The molecule has 0 radical (unpaired) electrons. The number of benzene rings is 2. The largest absolute Gasteiger partial charge is 0.371 e. The van der Waals surface area contributed by atoms with E-state index in [2.05, 4.69) is 30.8 Å². The van der Waals surface area contributed by atoms with Crippen LogP contribution in [0.1, 0.15) is 47.9 Å². The minimum Gasteiger partial charge on any atom is -0.371 e. The van der Waals surface area contributed by atoms with E-state index in [9.17, 15) is 8.42 Å². The number of halogens is 1. The zero-order valence-corrected chi connectivity index (χ0v) is 19.9. The topological polar surface area (TPSA) is 104 Å². The highest BCUT2D eigenvalue weighted by molar-refractivity contribution is 7.92. The third-order valence-corrected chi connectivity index (χ3v) is 9.89. The zero-order chi connectivity index (χ0) is 23.7. The first kappa shape index (κ1) is 22.9. The number of piperidine rings is 1. The molecule has 2 saturated heterocycles. The predicted molar refractivity (Wildman–Crippen MR) is 128 cm³/mol. The molecule has 2 N–H and O–H groups in total. The first-order chi connectivity index (χ1) is 16.4. The van der Waals surface area contributed by atoms with Crippen molar-refractivity contribution in [3.63, 3.8) is 0 Å². The number of anilines is 1. The number of hydrogen-bond donors (Lipinski definition) is 2. The Kier molecular flexibility index (Phi) is 6.35. The van der Waals surface area contributed by atoms with Crippen LogP contribution in [0.15, 0.2) is 48.5 Å². The molecule has 34 heavy (non-hydrogen) atoms. The second-order valence-electron chi connectivity index (χ2n) is 9.25. The molecule has 0 aliphatic carbocycles. The van der Waals surface area contributed by atoms with Gasteiger partial charge >= 0.3 is 0 Å². The molecule has 3 atom stereocenters. The molecular formula is C24H29FN6O2S. The fourth-order valence-corrected chi connectivity index (χ4v) is 7.53. The smallest absolute Gasteiger partial charge is 0.163 e. The Morgan fingerprint density at radius 3 is 2.56 bits per heavy atom. The Morgan fingerprint density at radius 2 is 1.88 bits per heavy atom. The Bertz CT molecular complexity index is 1210. The van der Waals surface area contributed by atoms with Crippen molar-refractivity contribution < 1.29 is 12.8 Å². The molecule has 5 rings (SSSR count). The maximum Gasteiger partial charge on any atom is 0.163 e. The average Bonchev–Trinajstić information content (AvgIpc) is 3.38. The minimum absolute atomic E-state index is 0.145. The number of rotatable bonds is 5. The van der Waals surface area contributed by atoms with E-state index < -0.39 is 20.3 Å². The lowest BCUT2D eigenvalue weighted by Crippen LogP contribution is -2.53. The van der Waals surface area contributed by atoms with Gasteiger partial charge in [0.2, 0.25) is 0 Å². The van der Waals surface area contributed by atoms with Gasteiger partial charge in [-0.05, 0) is 59.9 Å². The van der Waals surface area contributed by atoms with Gasteiger partial charge in [0.25, 0.3) is 0 Å². The highest BCUT2D eigenvalue weighted by Gasteiger charge is 2.42. The van der Waals surface area contributed by atoms with E-state index in [0.29, 0.717) is 12.1 Å². The summed E-state index contributed by atoms with van der Waals surface area (Å²) in [4.78, 5) is 2.15. The summed E-state index contributed by atoms with van der Waals surface area (Å²) in [5.74, 6) is 0.716. The van der Waals surface area contributed by atoms with Crippen LogP contribution in [0, 0.1) is 5.82 Å². The first-order valence-corrected chi connectivity index (χ1v) is 13.3. The van der Waals surface area contributed by atoms with Gasteiger partial charge in [0.05, 0.1) is 10.5 Å². The summed E-state index contributed by atoms with van der Waals surface area (Å²) < 4.78 is 42.2. The summed E-state index contributed by atoms with van der Waals surface area (Å²) in [5, 5.41) is 16.2. The van der Waals surface area contributed by atoms with Crippen molar-refractivity contribution in [2.75, 3.05) is 24.5 Å². The van der Waals surface area contributed by atoms with Crippen molar-refractivity contribution in [1.82, 2.24) is 25.9 Å². The highest BCUT2D eigenvalue weighted by Crippen LogP contribution is 2.34. The summed E-state index contributed by atoms with van der Waals surface area (Å²) in [6, 6.07) is 14.2. The van der Waals surface area contributed by atoms with Gasteiger partial charge in [0, 0.05) is 37.3 Å². The van der Waals surface area contributed by atoms with Gasteiger partial charge in [0.15, 0.2) is 15.7 Å². The average molecular weight is 485 g/mol. The Labute approximate surface area is 198 Å². The van der Waals surface area contributed by atoms with Crippen LogP contribution in [-0.4, -0.2) is 60.0 Å². The van der Waals surface area contributed by atoms with E-state index in [1.807, 2.05) is 43.3 Å². The lowest BCUT2D eigenvalue weighted by Gasteiger charge is -2.36. The van der Waals surface area contributed by atoms with E-state index >= 15 is 4.39 Å². The van der Waals surface area contributed by atoms with Crippen LogP contribution in [0.25, 0.3) is 0 Å². The lowest BCUT2D eigenvalue weighted by molar-refractivity contribution is 0.447. The Hall–Kier alpha value is -2.85. The highest BCUT2D eigenvalue weighted by atomic mass is 32.2. The quantitative estimate of drug-likeness (QED) is 0.574. The van der Waals surface area contributed by atoms with Gasteiger partial charge in [-0.15, -0.1) is 5.10 Å². The summed E-state index contributed by atoms with van der Waals surface area (Å²) in [5.41, 5.74) is 2.02. The number of aromatic amines is 1. The monoisotopic (exact) mass is 484 g/mol. The Balaban J connectivity index is 1.30. The maximum absolute atomic E-state index is 15.2. The van der Waals surface area contributed by atoms with Crippen molar-refractivity contribution in [1.29, 1.82) is 0 Å². The van der Waals surface area contributed by atoms with Crippen LogP contribution < -0.4 is 10.2 Å². The molecule has 1 aromatic heterocycles. The van der Waals surface area contributed by atoms with Crippen molar-refractivity contribution >= 4 is 15.5 Å². The van der Waals surface area contributed by atoms with Crippen LogP contribution in [0.5, 0.6) is 0 Å².